The molecule has 1 unspecified atom stereocenters. The first-order chi connectivity index (χ1) is 16.1. The second kappa shape index (κ2) is 9.76. The number of fused-ring (bicyclic) bond motifs is 3. The molecule has 1 saturated heterocycles. The van der Waals surface area contributed by atoms with Gasteiger partial charge in [-0.3, -0.25) is 14.5 Å². The molecular formula is C25H36N4O3S. The van der Waals surface area contributed by atoms with Gasteiger partial charge in [0, 0.05) is 32.2 Å². The number of carbonyl (C=O) groups excluding carboxylic acids is 2. The Hall–Kier alpha value is -1.90. The molecule has 180 valence electrons. The highest BCUT2D eigenvalue weighted by Gasteiger charge is 2.48. The molecule has 3 aliphatic rings. The molecular weight excluding hydrogens is 436 g/mol. The van der Waals surface area contributed by atoms with Crippen LogP contribution in [0.5, 0.6) is 0 Å². The summed E-state index contributed by atoms with van der Waals surface area (Å²) in [5.74, 6) is -0.0259. The Bertz CT molecular complexity index is 987. The number of thiophene rings is 1. The Morgan fingerprint density at radius 2 is 1.94 bits per heavy atom. The summed E-state index contributed by atoms with van der Waals surface area (Å²) in [6, 6.07) is 4.28. The maximum atomic E-state index is 13.8. The molecule has 4 heterocycles. The van der Waals surface area contributed by atoms with E-state index in [4.69, 9.17) is 4.74 Å². The van der Waals surface area contributed by atoms with Crippen LogP contribution in [-0.4, -0.2) is 77.2 Å². The van der Waals surface area contributed by atoms with Crippen molar-refractivity contribution in [3.8, 4) is 0 Å². The molecule has 2 amide bonds. The summed E-state index contributed by atoms with van der Waals surface area (Å²) in [4.78, 5) is 31.8. The normalized spacial score (nSPS) is 25.2. The first-order valence-corrected chi connectivity index (χ1v) is 13.4. The molecule has 8 heteroatoms. The summed E-state index contributed by atoms with van der Waals surface area (Å²) in [6.07, 6.45) is 7.76. The van der Waals surface area contributed by atoms with E-state index in [1.165, 1.54) is 25.7 Å². The van der Waals surface area contributed by atoms with Crippen LogP contribution in [0.4, 0.5) is 0 Å². The Labute approximate surface area is 200 Å². The Morgan fingerprint density at radius 3 is 2.70 bits per heavy atom. The molecule has 2 fully saturated rings. The molecule has 33 heavy (non-hydrogen) atoms. The predicted octanol–water partition coefficient (Wildman–Crippen LogP) is 3.48. The lowest BCUT2D eigenvalue weighted by molar-refractivity contribution is -0.133. The lowest BCUT2D eigenvalue weighted by Crippen LogP contribution is -2.65. The number of nitrogens with one attached hydrogen (secondary N) is 1. The molecule has 7 nitrogen and oxygen atoms in total. The van der Waals surface area contributed by atoms with Gasteiger partial charge in [-0.2, -0.15) is 0 Å². The summed E-state index contributed by atoms with van der Waals surface area (Å²) in [5.41, 5.74) is 0.878. The average Bonchev–Trinajstić information content (AvgIpc) is 3.31. The maximum absolute atomic E-state index is 13.8. The largest absolute Gasteiger partial charge is 0.379 e. The fourth-order valence-corrected chi connectivity index (χ4v) is 6.49. The molecule has 1 saturated carbocycles. The molecule has 1 atom stereocenters. The second-order valence-corrected chi connectivity index (χ2v) is 10.9. The summed E-state index contributed by atoms with van der Waals surface area (Å²) < 4.78 is 8.64. The van der Waals surface area contributed by atoms with Crippen LogP contribution >= 0.6 is 11.3 Å². The quantitative estimate of drug-likeness (QED) is 0.654. The zero-order valence-electron chi connectivity index (χ0n) is 19.7. The van der Waals surface area contributed by atoms with Crippen molar-refractivity contribution in [1.29, 1.82) is 0 Å². The molecule has 1 N–H and O–H groups in total. The monoisotopic (exact) mass is 472 g/mol. The Balaban J connectivity index is 1.38. The number of rotatable bonds is 6. The minimum absolute atomic E-state index is 0.00291. The van der Waals surface area contributed by atoms with E-state index in [1.54, 1.807) is 11.3 Å². The third-order valence-corrected chi connectivity index (χ3v) is 8.54. The average molecular weight is 473 g/mol. The van der Waals surface area contributed by atoms with Gasteiger partial charge in [0.1, 0.15) is 11.2 Å². The van der Waals surface area contributed by atoms with Crippen LogP contribution in [0.1, 0.15) is 62.4 Å². The van der Waals surface area contributed by atoms with Crippen LogP contribution in [-0.2, 0) is 16.1 Å². The van der Waals surface area contributed by atoms with E-state index >= 15 is 0 Å². The van der Waals surface area contributed by atoms with Crippen molar-refractivity contribution < 1.29 is 14.3 Å². The molecule has 0 bridgehead atoms. The first kappa shape index (κ1) is 22.9. The van der Waals surface area contributed by atoms with Crippen LogP contribution in [0.2, 0.25) is 0 Å². The highest BCUT2D eigenvalue weighted by molar-refractivity contribution is 7.17. The molecule has 0 radical (unpaired) electrons. The molecule has 1 aliphatic carbocycles. The van der Waals surface area contributed by atoms with Crippen LogP contribution in [0.3, 0.4) is 0 Å². The molecule has 5 rings (SSSR count). The van der Waals surface area contributed by atoms with Gasteiger partial charge in [-0.05, 0) is 43.7 Å². The standard InChI is InChI=1S/C25H36N4O3S/c1-25(24(31)26-19-7-4-2-3-5-8-19)18-28-20-9-16-33-22(20)17-21(28)23(30)29(25)11-6-10-27-12-14-32-15-13-27/h9,16-17,19H,2-8,10-15,18H2,1H3,(H,26,31). The van der Waals surface area contributed by atoms with E-state index in [2.05, 4.69) is 26.2 Å². The topological polar surface area (TPSA) is 66.8 Å². The third-order valence-electron chi connectivity index (χ3n) is 7.69. The Morgan fingerprint density at radius 1 is 1.18 bits per heavy atom. The van der Waals surface area contributed by atoms with Gasteiger partial charge < -0.3 is 19.5 Å². The van der Waals surface area contributed by atoms with E-state index in [0.29, 0.717) is 18.8 Å². The lowest BCUT2D eigenvalue weighted by atomic mass is 9.93. The zero-order valence-corrected chi connectivity index (χ0v) is 20.5. The highest BCUT2D eigenvalue weighted by Crippen LogP contribution is 2.34. The second-order valence-electron chi connectivity index (χ2n) is 9.99. The number of ether oxygens (including phenoxy) is 1. The van der Waals surface area contributed by atoms with Gasteiger partial charge in [0.15, 0.2) is 0 Å². The smallest absolute Gasteiger partial charge is 0.271 e. The minimum Gasteiger partial charge on any atom is -0.379 e. The number of hydrogen-bond acceptors (Lipinski definition) is 5. The highest BCUT2D eigenvalue weighted by atomic mass is 32.1. The van der Waals surface area contributed by atoms with Gasteiger partial charge in [-0.15, -0.1) is 11.3 Å². The van der Waals surface area contributed by atoms with Crippen molar-refractivity contribution in [3.63, 3.8) is 0 Å². The molecule has 0 aromatic carbocycles. The Kier molecular flexibility index (Phi) is 6.77. The molecule has 2 aromatic heterocycles. The summed E-state index contributed by atoms with van der Waals surface area (Å²) in [7, 11) is 0. The number of aromatic nitrogens is 1. The first-order valence-electron chi connectivity index (χ1n) is 12.6. The van der Waals surface area contributed by atoms with Crippen LogP contribution in [0, 0.1) is 0 Å². The van der Waals surface area contributed by atoms with Crippen LogP contribution in [0.15, 0.2) is 17.5 Å². The molecule has 0 spiro atoms. The lowest BCUT2D eigenvalue weighted by Gasteiger charge is -2.45. The van der Waals surface area contributed by atoms with Gasteiger partial charge >= 0.3 is 0 Å². The molecule has 2 aliphatic heterocycles. The van der Waals surface area contributed by atoms with Gasteiger partial charge in [-0.1, -0.05) is 25.7 Å². The maximum Gasteiger partial charge on any atom is 0.271 e. The van der Waals surface area contributed by atoms with E-state index < -0.39 is 5.54 Å². The van der Waals surface area contributed by atoms with Gasteiger partial charge in [-0.25, -0.2) is 0 Å². The molecule has 2 aromatic rings. The van der Waals surface area contributed by atoms with Crippen LogP contribution in [0.25, 0.3) is 10.2 Å². The predicted molar refractivity (Wildman–Crippen MR) is 131 cm³/mol. The number of nitrogens with zero attached hydrogens (tertiary/aromatic N) is 3. The minimum atomic E-state index is -0.894. The number of hydrogen-bond donors (Lipinski definition) is 1. The number of carbonyl (C=O) groups is 2. The van der Waals surface area contributed by atoms with E-state index in [9.17, 15) is 9.59 Å². The van der Waals surface area contributed by atoms with E-state index in [-0.39, 0.29) is 17.9 Å². The summed E-state index contributed by atoms with van der Waals surface area (Å²) in [5, 5.41) is 5.41. The van der Waals surface area contributed by atoms with E-state index in [1.807, 2.05) is 17.9 Å². The fraction of sp³-hybridized carbons (Fsp3) is 0.680. The van der Waals surface area contributed by atoms with Crippen molar-refractivity contribution in [2.75, 3.05) is 39.4 Å². The third kappa shape index (κ3) is 4.57. The van der Waals surface area contributed by atoms with Gasteiger partial charge in [0.2, 0.25) is 5.91 Å². The number of amides is 2. The van der Waals surface area contributed by atoms with Crippen LogP contribution < -0.4 is 5.32 Å². The van der Waals surface area contributed by atoms with Crippen molar-refractivity contribution in [1.82, 2.24) is 19.7 Å². The van der Waals surface area contributed by atoms with Crippen molar-refractivity contribution >= 4 is 33.4 Å². The summed E-state index contributed by atoms with van der Waals surface area (Å²) in [6.45, 7) is 7.40. The van der Waals surface area contributed by atoms with Gasteiger partial charge in [0.05, 0.1) is 30.0 Å². The summed E-state index contributed by atoms with van der Waals surface area (Å²) >= 11 is 1.65. The van der Waals surface area contributed by atoms with Crippen molar-refractivity contribution in [2.24, 2.45) is 0 Å². The zero-order chi connectivity index (χ0) is 22.8. The van der Waals surface area contributed by atoms with Crippen molar-refractivity contribution in [2.45, 2.75) is 70.0 Å². The van der Waals surface area contributed by atoms with Crippen molar-refractivity contribution in [3.05, 3.63) is 23.2 Å². The SMILES string of the molecule is CC1(C(=O)NC2CCCCCC2)Cn2c(cc3sccc32)C(=O)N1CCCN1CCOCC1. The van der Waals surface area contributed by atoms with Gasteiger partial charge in [0.25, 0.3) is 5.91 Å². The van der Waals surface area contributed by atoms with E-state index in [0.717, 1.165) is 62.3 Å². The fourth-order valence-electron chi connectivity index (χ4n) is 5.66. The number of morpholine rings is 1.